The van der Waals surface area contributed by atoms with Crippen LogP contribution >= 0.6 is 0 Å². The number of benzene rings is 1. The molecule has 4 nitrogen and oxygen atoms in total. The number of hydrogen-bond acceptors (Lipinski definition) is 2. The highest BCUT2D eigenvalue weighted by atomic mass is 19.1. The van der Waals surface area contributed by atoms with Crippen molar-refractivity contribution in [2.24, 2.45) is 0 Å². The minimum absolute atomic E-state index is 0.0506. The van der Waals surface area contributed by atoms with Gasteiger partial charge in [0.1, 0.15) is 11.5 Å². The molecule has 2 aromatic rings. The molecule has 0 unspecified atom stereocenters. The Labute approximate surface area is 127 Å². The van der Waals surface area contributed by atoms with Crippen molar-refractivity contribution in [2.45, 2.75) is 55.8 Å². The average molecular weight is 299 g/mol. The van der Waals surface area contributed by atoms with Crippen molar-refractivity contribution in [1.29, 1.82) is 0 Å². The van der Waals surface area contributed by atoms with Gasteiger partial charge in [0.25, 0.3) is 0 Å². The van der Waals surface area contributed by atoms with E-state index < -0.39 is 5.67 Å². The van der Waals surface area contributed by atoms with Crippen molar-refractivity contribution in [3.8, 4) is 0 Å². The number of aromatic nitrogens is 3. The van der Waals surface area contributed by atoms with E-state index in [-0.39, 0.29) is 17.3 Å². The second-order valence-corrected chi connectivity index (χ2v) is 7.20. The van der Waals surface area contributed by atoms with Crippen molar-refractivity contribution in [2.75, 3.05) is 0 Å². The lowest BCUT2D eigenvalue weighted by molar-refractivity contribution is -0.205. The van der Waals surface area contributed by atoms with Crippen LogP contribution in [0.4, 0.5) is 4.39 Å². The number of rotatable bonds is 2. The van der Waals surface area contributed by atoms with Crippen LogP contribution in [0, 0.1) is 0 Å². The molecule has 1 aromatic carbocycles. The van der Waals surface area contributed by atoms with Gasteiger partial charge < -0.3 is 0 Å². The number of alkyl halides is 1. The van der Waals surface area contributed by atoms with E-state index in [1.165, 1.54) is 0 Å². The summed E-state index contributed by atoms with van der Waals surface area (Å²) in [6.07, 6.45) is 4.23. The van der Waals surface area contributed by atoms with Crippen LogP contribution in [-0.2, 0) is 12.0 Å². The molecule has 0 spiro atoms. The Kier molecular flexibility index (Phi) is 2.23. The first-order valence-corrected chi connectivity index (χ1v) is 8.05. The fourth-order valence-electron chi connectivity index (χ4n) is 4.62. The molecule has 114 valence electrons. The van der Waals surface area contributed by atoms with Gasteiger partial charge in [0.2, 0.25) is 0 Å². The number of halogens is 1. The Hall–Kier alpha value is -1.91. The monoisotopic (exact) mass is 299 g/mol. The maximum atomic E-state index is 13.8. The first-order chi connectivity index (χ1) is 10.6. The van der Waals surface area contributed by atoms with Crippen LogP contribution in [0.1, 0.15) is 49.5 Å². The Bertz CT molecular complexity index is 787. The summed E-state index contributed by atoms with van der Waals surface area (Å²) in [6, 6.07) is 10.2. The van der Waals surface area contributed by atoms with Crippen molar-refractivity contribution in [3.63, 3.8) is 0 Å². The molecule has 0 amide bonds. The number of nitrogens with zero attached hydrogens (tertiary/aromatic N) is 3. The van der Waals surface area contributed by atoms with E-state index >= 15 is 0 Å². The Balaban J connectivity index is 1.61. The smallest absolute Gasteiger partial charge is 0.271 e. The predicted molar refractivity (Wildman–Crippen MR) is 79.7 cm³/mol. The van der Waals surface area contributed by atoms with Gasteiger partial charge in [-0.15, -0.1) is 0 Å². The van der Waals surface area contributed by atoms with E-state index in [0.29, 0.717) is 19.3 Å². The van der Waals surface area contributed by atoms with E-state index in [1.54, 1.807) is 4.68 Å². The lowest BCUT2D eigenvalue weighted by atomic mass is 9.47. The molecular formula is C17H18FN3O. The van der Waals surface area contributed by atoms with Crippen LogP contribution in [0.15, 0.2) is 35.1 Å². The lowest BCUT2D eigenvalue weighted by Crippen LogP contribution is -2.72. The Morgan fingerprint density at radius 2 is 1.91 bits per heavy atom. The average Bonchev–Trinajstić information content (AvgIpc) is 2.81. The SMILES string of the molecule is O=c1n(C23CC(F)(C2)C3)nc2n1[C@H](c1ccccc1)CCC2. The molecule has 1 aliphatic heterocycles. The summed E-state index contributed by atoms with van der Waals surface area (Å²) in [5, 5.41) is 4.59. The molecule has 0 N–H and O–H groups in total. The van der Waals surface area contributed by atoms with E-state index in [1.807, 2.05) is 22.8 Å². The zero-order valence-electron chi connectivity index (χ0n) is 12.3. The third kappa shape index (κ3) is 1.46. The van der Waals surface area contributed by atoms with Gasteiger partial charge >= 0.3 is 5.69 Å². The van der Waals surface area contributed by atoms with Gasteiger partial charge in [0.15, 0.2) is 0 Å². The second-order valence-electron chi connectivity index (χ2n) is 7.20. The highest BCUT2D eigenvalue weighted by Gasteiger charge is 2.71. The van der Waals surface area contributed by atoms with Crippen LogP contribution in [0.25, 0.3) is 0 Å². The van der Waals surface area contributed by atoms with Gasteiger partial charge in [-0.2, -0.15) is 5.10 Å². The zero-order chi connectivity index (χ0) is 14.9. The lowest BCUT2D eigenvalue weighted by Gasteiger charge is -2.64. The largest absolute Gasteiger partial charge is 0.347 e. The van der Waals surface area contributed by atoms with E-state index in [9.17, 15) is 9.18 Å². The highest BCUT2D eigenvalue weighted by Crippen LogP contribution is 2.66. The van der Waals surface area contributed by atoms with E-state index in [0.717, 1.165) is 30.7 Å². The summed E-state index contributed by atoms with van der Waals surface area (Å²) in [4.78, 5) is 12.9. The van der Waals surface area contributed by atoms with Crippen LogP contribution in [-0.4, -0.2) is 20.0 Å². The fraction of sp³-hybridized carbons (Fsp3) is 0.529. The zero-order valence-corrected chi connectivity index (χ0v) is 12.3. The summed E-state index contributed by atoms with van der Waals surface area (Å²) < 4.78 is 17.3. The van der Waals surface area contributed by atoms with Crippen molar-refractivity contribution >= 4 is 0 Å². The van der Waals surface area contributed by atoms with Gasteiger partial charge in [-0.3, -0.25) is 4.57 Å². The summed E-state index contributed by atoms with van der Waals surface area (Å²) >= 11 is 0. The maximum absolute atomic E-state index is 13.8. The number of hydrogen-bond donors (Lipinski definition) is 0. The summed E-state index contributed by atoms with van der Waals surface area (Å²) in [6.45, 7) is 0. The van der Waals surface area contributed by atoms with Crippen LogP contribution in [0.2, 0.25) is 0 Å². The van der Waals surface area contributed by atoms with Crippen LogP contribution in [0.5, 0.6) is 0 Å². The minimum atomic E-state index is -1.01. The van der Waals surface area contributed by atoms with Crippen molar-refractivity contribution in [3.05, 3.63) is 52.2 Å². The molecule has 1 aromatic heterocycles. The van der Waals surface area contributed by atoms with Gasteiger partial charge in [0.05, 0.1) is 11.6 Å². The molecule has 0 radical (unpaired) electrons. The highest BCUT2D eigenvalue weighted by molar-refractivity contribution is 5.25. The molecule has 4 aliphatic rings. The van der Waals surface area contributed by atoms with Gasteiger partial charge in [-0.05, 0) is 18.4 Å². The van der Waals surface area contributed by atoms with Crippen LogP contribution < -0.4 is 5.69 Å². The van der Waals surface area contributed by atoms with Gasteiger partial charge in [0, 0.05) is 25.7 Å². The first-order valence-electron chi connectivity index (χ1n) is 8.05. The molecule has 0 saturated heterocycles. The summed E-state index contributed by atoms with van der Waals surface area (Å²) in [5.74, 6) is 0.864. The summed E-state index contributed by atoms with van der Waals surface area (Å²) in [7, 11) is 0. The standard InChI is InChI=1S/C17H18FN3O/c18-16-9-17(10-16,11-16)21-15(22)20-13(7-4-8-14(20)19-21)12-5-2-1-3-6-12/h1-3,5-6,13H,4,7-11H2/t13-,16?,17?/m0/s1. The Morgan fingerprint density at radius 1 is 1.18 bits per heavy atom. The van der Waals surface area contributed by atoms with Gasteiger partial charge in [-0.25, -0.2) is 13.9 Å². The molecule has 22 heavy (non-hydrogen) atoms. The summed E-state index contributed by atoms with van der Waals surface area (Å²) in [5.41, 5.74) is -0.227. The number of fused-ring (bicyclic) bond motifs is 1. The Morgan fingerprint density at radius 3 is 2.59 bits per heavy atom. The van der Waals surface area contributed by atoms with E-state index in [2.05, 4.69) is 17.2 Å². The maximum Gasteiger partial charge on any atom is 0.347 e. The number of aryl methyl sites for hydroxylation is 1. The molecule has 2 heterocycles. The quantitative estimate of drug-likeness (QED) is 0.855. The van der Waals surface area contributed by atoms with Crippen LogP contribution in [0.3, 0.4) is 0 Å². The first kappa shape index (κ1) is 12.6. The molecule has 5 heteroatoms. The second kappa shape index (κ2) is 3.89. The predicted octanol–water partition coefficient (Wildman–Crippen LogP) is 2.57. The topological polar surface area (TPSA) is 39.8 Å². The molecule has 6 rings (SSSR count). The molecular weight excluding hydrogens is 281 g/mol. The minimum Gasteiger partial charge on any atom is -0.271 e. The molecule has 3 saturated carbocycles. The molecule has 3 aliphatic carbocycles. The molecule has 1 atom stereocenters. The normalized spacial score (nSPS) is 35.4. The van der Waals surface area contributed by atoms with Crippen molar-refractivity contribution in [1.82, 2.24) is 14.3 Å². The van der Waals surface area contributed by atoms with Gasteiger partial charge in [-0.1, -0.05) is 30.3 Å². The van der Waals surface area contributed by atoms with E-state index in [4.69, 9.17) is 0 Å². The van der Waals surface area contributed by atoms with Crippen molar-refractivity contribution < 1.29 is 4.39 Å². The fourth-order valence-corrected chi connectivity index (χ4v) is 4.62. The molecule has 2 bridgehead atoms. The third-order valence-corrected chi connectivity index (χ3v) is 5.64. The third-order valence-electron chi connectivity index (χ3n) is 5.64. The molecule has 3 fully saturated rings.